The molecule has 0 aliphatic heterocycles. The molecular weight excluding hydrogens is 308 g/mol. The van der Waals surface area contributed by atoms with Crippen molar-refractivity contribution in [3.8, 4) is 0 Å². The third-order valence-corrected chi connectivity index (χ3v) is 5.23. The van der Waals surface area contributed by atoms with Gasteiger partial charge in [0.15, 0.2) is 0 Å². The highest BCUT2D eigenvalue weighted by Gasteiger charge is 2.32. The normalized spacial score (nSPS) is 15.3. The lowest BCUT2D eigenvalue weighted by Crippen LogP contribution is -2.23. The van der Waals surface area contributed by atoms with Crippen LogP contribution < -0.4 is 5.73 Å². The fourth-order valence-corrected chi connectivity index (χ4v) is 4.13. The molecule has 6 heteroatoms. The highest BCUT2D eigenvalue weighted by Crippen LogP contribution is 2.58. The second-order valence-electron chi connectivity index (χ2n) is 4.90. The second kappa shape index (κ2) is 6.46. The molecule has 1 unspecified atom stereocenters. The van der Waals surface area contributed by atoms with Crippen LogP contribution in [0.25, 0.3) is 0 Å². The zero-order valence-corrected chi connectivity index (χ0v) is 12.4. The summed E-state index contributed by atoms with van der Waals surface area (Å²) in [5.41, 5.74) is 6.19. The van der Waals surface area contributed by atoms with Crippen LogP contribution in [0.3, 0.4) is 0 Å². The molecule has 0 spiro atoms. The van der Waals surface area contributed by atoms with Gasteiger partial charge < -0.3 is 10.3 Å². The molecule has 116 valence electrons. The maximum absolute atomic E-state index is 13.1. The Bertz CT molecular complexity index is 611. The summed E-state index contributed by atoms with van der Waals surface area (Å²) < 4.78 is 36.8. The molecule has 22 heavy (non-hydrogen) atoms. The average molecular weight is 323 g/mol. The van der Waals surface area contributed by atoms with E-state index in [0.717, 1.165) is 0 Å². The number of halogens is 2. The van der Waals surface area contributed by atoms with E-state index < -0.39 is 38.9 Å². The van der Waals surface area contributed by atoms with Crippen molar-refractivity contribution in [3.63, 3.8) is 0 Å². The Morgan fingerprint density at radius 1 is 1.05 bits per heavy atom. The molecule has 2 aromatic carbocycles. The highest BCUT2D eigenvalue weighted by atomic mass is 32.3. The first-order valence-electron chi connectivity index (χ1n) is 6.39. The third-order valence-electron chi connectivity index (χ3n) is 3.13. The fraction of sp³-hybridized carbons (Fsp3) is 0.125. The van der Waals surface area contributed by atoms with Crippen LogP contribution in [0, 0.1) is 17.9 Å². The first-order chi connectivity index (χ1) is 10.3. The molecule has 3 nitrogen and oxygen atoms in total. The number of carbonyl (C=O) groups excluding carboxylic acids is 1. The van der Waals surface area contributed by atoms with Gasteiger partial charge in [-0.3, -0.25) is 4.79 Å². The number of benzene rings is 2. The van der Waals surface area contributed by atoms with Crippen LogP contribution in [0.1, 0.15) is 16.4 Å². The third kappa shape index (κ3) is 3.84. The van der Waals surface area contributed by atoms with Gasteiger partial charge in [-0.2, -0.15) is 0 Å². The molecule has 3 N–H and O–H groups in total. The van der Waals surface area contributed by atoms with Crippen LogP contribution >= 0.6 is 10.3 Å². The number of rotatable bonds is 5. The predicted octanol–water partition coefficient (Wildman–Crippen LogP) is 3.49. The minimum Gasteiger partial charge on any atom is -0.369 e. The number of nitrogens with two attached hydrogens (primary N) is 1. The summed E-state index contributed by atoms with van der Waals surface area (Å²) in [4.78, 5) is 11.2. The molecule has 0 fully saturated rings. The van der Waals surface area contributed by atoms with Crippen LogP contribution in [0.15, 0.2) is 48.5 Å². The Labute approximate surface area is 129 Å². The van der Waals surface area contributed by atoms with E-state index in [4.69, 9.17) is 12.0 Å². The summed E-state index contributed by atoms with van der Waals surface area (Å²) in [6.07, 6.45) is 5.95. The smallest absolute Gasteiger partial charge is 0.228 e. The minimum atomic E-state index is -2.97. The van der Waals surface area contributed by atoms with Crippen LogP contribution in [0.4, 0.5) is 8.78 Å². The van der Waals surface area contributed by atoms with Crippen molar-refractivity contribution in [2.24, 2.45) is 5.73 Å². The zero-order chi connectivity index (χ0) is 16.3. The minimum absolute atomic E-state index is 0.410. The van der Waals surface area contributed by atoms with E-state index >= 15 is 0 Å². The molecule has 0 aliphatic carbocycles. The van der Waals surface area contributed by atoms with Gasteiger partial charge in [0.2, 0.25) is 5.91 Å². The Morgan fingerprint density at radius 3 is 1.73 bits per heavy atom. The van der Waals surface area contributed by atoms with Crippen molar-refractivity contribution in [1.29, 1.82) is 0 Å². The molecule has 2 aromatic rings. The van der Waals surface area contributed by atoms with Gasteiger partial charge in [-0.05, 0) is 35.4 Å². The summed E-state index contributed by atoms with van der Waals surface area (Å²) in [7, 11) is -2.97. The van der Waals surface area contributed by atoms with Crippen LogP contribution in [0.2, 0.25) is 0 Å². The molecule has 0 heterocycles. The van der Waals surface area contributed by atoms with Gasteiger partial charge >= 0.3 is 0 Å². The Hall–Kier alpha value is -1.92. The van der Waals surface area contributed by atoms with E-state index in [-0.39, 0.29) is 0 Å². The maximum atomic E-state index is 13.1. The Kier molecular flexibility index (Phi) is 4.83. The lowest BCUT2D eigenvalue weighted by Gasteiger charge is -2.37. The van der Waals surface area contributed by atoms with Gasteiger partial charge in [-0.25, -0.2) is 8.78 Å². The number of hydrogen-bond acceptors (Lipinski definition) is 2. The van der Waals surface area contributed by atoms with E-state index in [2.05, 4.69) is 0 Å². The SMILES string of the molecule is [CH]S(O)(CC(N)=O)C(c1ccc(F)cc1)c1ccc(F)cc1. The molecule has 2 rings (SSSR count). The molecular formula is C16H15F2NO2S. The lowest BCUT2D eigenvalue weighted by atomic mass is 10.0. The first-order valence-corrected chi connectivity index (χ1v) is 8.27. The molecule has 0 saturated carbocycles. The fourth-order valence-electron chi connectivity index (χ4n) is 2.25. The Morgan fingerprint density at radius 2 is 1.41 bits per heavy atom. The number of hydrogen-bond donors (Lipinski definition) is 2. The van der Waals surface area contributed by atoms with E-state index in [0.29, 0.717) is 11.1 Å². The van der Waals surface area contributed by atoms with Gasteiger partial charge in [0.05, 0.1) is 11.0 Å². The maximum Gasteiger partial charge on any atom is 0.228 e. The first kappa shape index (κ1) is 16.5. The summed E-state index contributed by atoms with van der Waals surface area (Å²) >= 11 is 0. The average Bonchev–Trinajstić information content (AvgIpc) is 2.42. The van der Waals surface area contributed by atoms with E-state index in [9.17, 15) is 18.1 Å². The number of amides is 1. The van der Waals surface area contributed by atoms with Crippen LogP contribution in [-0.4, -0.2) is 16.2 Å². The molecule has 1 atom stereocenters. The van der Waals surface area contributed by atoms with Crippen molar-refractivity contribution < 1.29 is 18.1 Å². The molecule has 0 aliphatic rings. The zero-order valence-electron chi connectivity index (χ0n) is 11.6. The van der Waals surface area contributed by atoms with E-state index in [1.807, 2.05) is 0 Å². The number of carbonyl (C=O) groups is 1. The molecule has 2 radical (unpaired) electrons. The van der Waals surface area contributed by atoms with Gasteiger partial charge in [-0.15, -0.1) is 10.3 Å². The Balaban J connectivity index is 2.51. The van der Waals surface area contributed by atoms with Crippen molar-refractivity contribution in [2.75, 3.05) is 5.75 Å². The van der Waals surface area contributed by atoms with E-state index in [1.54, 1.807) is 0 Å². The lowest BCUT2D eigenvalue weighted by molar-refractivity contribution is -0.115. The standard InChI is InChI=1S/C16H15F2NO2S/c1-22(21,10-15(19)20)16(11-2-6-13(17)7-3-11)12-4-8-14(18)9-5-12/h1-9,16,21H,10H2,(H2,19,20). The molecule has 0 saturated heterocycles. The van der Waals surface area contributed by atoms with Crippen molar-refractivity contribution in [3.05, 3.63) is 77.5 Å². The summed E-state index contributed by atoms with van der Waals surface area (Å²) in [5, 5.41) is -0.777. The molecule has 0 aromatic heterocycles. The van der Waals surface area contributed by atoms with Crippen molar-refractivity contribution in [1.82, 2.24) is 0 Å². The van der Waals surface area contributed by atoms with Gasteiger partial charge in [-0.1, -0.05) is 24.3 Å². The highest BCUT2D eigenvalue weighted by molar-refractivity contribution is 8.30. The van der Waals surface area contributed by atoms with E-state index in [1.165, 1.54) is 48.5 Å². The van der Waals surface area contributed by atoms with Crippen molar-refractivity contribution in [2.45, 2.75) is 5.25 Å². The molecule has 0 bridgehead atoms. The van der Waals surface area contributed by atoms with Crippen molar-refractivity contribution >= 4 is 16.2 Å². The number of primary amides is 1. The monoisotopic (exact) mass is 323 g/mol. The quantitative estimate of drug-likeness (QED) is 0.885. The topological polar surface area (TPSA) is 63.3 Å². The van der Waals surface area contributed by atoms with Crippen LogP contribution in [-0.2, 0) is 4.79 Å². The second-order valence-corrected chi connectivity index (χ2v) is 7.28. The summed E-state index contributed by atoms with van der Waals surface area (Å²) in [6.45, 7) is 0. The van der Waals surface area contributed by atoms with Gasteiger partial charge in [0.1, 0.15) is 11.6 Å². The van der Waals surface area contributed by atoms with Gasteiger partial charge in [0, 0.05) is 6.26 Å². The largest absolute Gasteiger partial charge is 0.369 e. The predicted molar refractivity (Wildman–Crippen MR) is 83.2 cm³/mol. The van der Waals surface area contributed by atoms with Gasteiger partial charge in [0.25, 0.3) is 0 Å². The summed E-state index contributed by atoms with van der Waals surface area (Å²) in [6, 6.07) is 10.8. The summed E-state index contributed by atoms with van der Waals surface area (Å²) in [5.74, 6) is -2.03. The molecule has 1 amide bonds. The van der Waals surface area contributed by atoms with Crippen LogP contribution in [0.5, 0.6) is 0 Å².